The topological polar surface area (TPSA) is 342 Å². The second-order valence-corrected chi connectivity index (χ2v) is 7.07. The van der Waals surface area contributed by atoms with Crippen molar-refractivity contribution in [2.24, 2.45) is 110 Å². The van der Waals surface area contributed by atoms with Gasteiger partial charge in [-0.2, -0.15) is 10.8 Å². The van der Waals surface area contributed by atoms with E-state index in [-0.39, 0.29) is 11.4 Å². The molecule has 0 radical (unpaired) electrons. The van der Waals surface area contributed by atoms with Crippen molar-refractivity contribution in [1.82, 2.24) is 4.57 Å². The molecule has 0 saturated carbocycles. The molecule has 0 fully saturated rings. The summed E-state index contributed by atoms with van der Waals surface area (Å²) in [5, 5.41) is 85.7. The van der Waals surface area contributed by atoms with Gasteiger partial charge in [-0.1, -0.05) is 0 Å². The van der Waals surface area contributed by atoms with Crippen molar-refractivity contribution < 1.29 is 9.84 Å². The predicted molar refractivity (Wildman–Crippen MR) is 139 cm³/mol. The summed E-state index contributed by atoms with van der Waals surface area (Å²) < 4.78 is 7.30. The van der Waals surface area contributed by atoms with Crippen LogP contribution in [0.3, 0.4) is 0 Å². The van der Waals surface area contributed by atoms with Crippen molar-refractivity contribution in [3.8, 4) is 28.8 Å². The van der Waals surface area contributed by atoms with Gasteiger partial charge in [0.15, 0.2) is 0 Å². The molecule has 0 spiro atoms. The van der Waals surface area contributed by atoms with Crippen LogP contribution in [0.15, 0.2) is 146 Å². The third-order valence-electron chi connectivity index (χ3n) is 4.87. The number of nitrogens with zero attached hydrogens (tertiary/aromatic N) is 23. The molecule has 3 aromatic rings. The number of aromatic nitrogens is 1. The molecule has 0 atom stereocenters. The van der Waals surface area contributed by atoms with E-state index in [0.29, 0.717) is 29.1 Å². The summed E-state index contributed by atoms with van der Waals surface area (Å²) in [6.45, 7) is 2.52. The first kappa shape index (κ1) is 31.2. The Balaban J connectivity index is 1.58. The summed E-state index contributed by atoms with van der Waals surface area (Å²) in [5.41, 5.74) is 8.89. The number of phenolic OH excluding ortho intramolecular Hbond substituents is 1. The summed E-state index contributed by atoms with van der Waals surface area (Å²) in [5.74, 6) is 0.474. The molecule has 2 aromatic carbocycles. The number of hydrogen-bond acceptors (Lipinski definition) is 5. The zero-order valence-electron chi connectivity index (χ0n) is 22.3. The molecular weight excluding hydrogens is 584 g/mol. The summed E-state index contributed by atoms with van der Waals surface area (Å²) >= 11 is 0. The van der Waals surface area contributed by atoms with Gasteiger partial charge in [0.1, 0.15) is 23.3 Å². The largest absolute Gasteiger partial charge is 0.506 e. The number of nitriles is 1. The van der Waals surface area contributed by atoms with E-state index in [9.17, 15) is 10.4 Å². The van der Waals surface area contributed by atoms with Crippen LogP contribution in [0.25, 0.3) is 22.2 Å². The minimum atomic E-state index is -0.181. The average Bonchev–Trinajstić information content (AvgIpc) is 3.37. The van der Waals surface area contributed by atoms with Crippen LogP contribution in [-0.2, 0) is 6.54 Å². The van der Waals surface area contributed by atoms with Crippen molar-refractivity contribution >= 4 is 16.6 Å². The highest BCUT2D eigenvalue weighted by Gasteiger charge is 2.19. The van der Waals surface area contributed by atoms with Gasteiger partial charge in [0.05, 0.1) is 23.9 Å². The highest BCUT2D eigenvalue weighted by atomic mass is 16.5. The Morgan fingerprint density at radius 2 is 1.27 bits per heavy atom. The van der Waals surface area contributed by atoms with Gasteiger partial charge in [0, 0.05) is 44.5 Å². The summed E-state index contributed by atoms with van der Waals surface area (Å²) in [6, 6.07) is 12.4. The van der Waals surface area contributed by atoms with E-state index in [4.69, 9.17) is 10.3 Å². The summed E-state index contributed by atoms with van der Waals surface area (Å²) in [4.78, 5) is 0. The Hall–Kier alpha value is -7.33. The van der Waals surface area contributed by atoms with Crippen LogP contribution in [0.2, 0.25) is 0 Å². The molecule has 0 aliphatic carbocycles. The molecular formula is C18H16N24O2. The molecule has 3 rings (SSSR count). The number of fused-ring (bicyclic) bond motifs is 1. The van der Waals surface area contributed by atoms with Crippen molar-refractivity contribution in [2.75, 3.05) is 7.11 Å². The van der Waals surface area contributed by atoms with Gasteiger partial charge in [-0.05, 0) is 121 Å². The summed E-state index contributed by atoms with van der Waals surface area (Å²) in [7, 11) is 1.57. The summed E-state index contributed by atoms with van der Waals surface area (Å²) in [6.07, 6.45) is 0. The first-order valence-corrected chi connectivity index (χ1v) is 11.5. The van der Waals surface area contributed by atoms with E-state index in [1.807, 2.05) is 23.6 Å². The van der Waals surface area contributed by atoms with Crippen LogP contribution in [0, 0.1) is 16.9 Å². The van der Waals surface area contributed by atoms with Crippen LogP contribution in [-0.4, -0.2) is 16.8 Å². The van der Waals surface area contributed by atoms with E-state index in [1.165, 1.54) is 6.07 Å². The third kappa shape index (κ3) is 8.84. The van der Waals surface area contributed by atoms with Gasteiger partial charge in [0.2, 0.25) is 0 Å². The highest BCUT2D eigenvalue weighted by Crippen LogP contribution is 2.38. The molecule has 44 heavy (non-hydrogen) atoms. The van der Waals surface area contributed by atoms with Gasteiger partial charge in [-0.15, -0.1) is 5.11 Å². The Morgan fingerprint density at radius 1 is 0.750 bits per heavy atom. The fraction of sp³-hybridized carbons (Fsp3) is 0.167. The Labute approximate surface area is 243 Å². The van der Waals surface area contributed by atoms with Gasteiger partial charge >= 0.3 is 0 Å². The number of benzene rings is 2. The van der Waals surface area contributed by atoms with Crippen molar-refractivity contribution in [2.45, 2.75) is 13.5 Å². The van der Waals surface area contributed by atoms with E-state index < -0.39 is 0 Å². The number of phenols is 1. The lowest BCUT2D eigenvalue weighted by Crippen LogP contribution is -1.97. The van der Waals surface area contributed by atoms with Crippen LogP contribution in [0.1, 0.15) is 12.5 Å². The number of rotatable bonds is 14. The standard InChI is InChI=1S/C18H16N24O2/c1-3-42-16-9-12(44-2)5-6-13(16)14(10-19)18(42)11-4-7-17(43)15(8-11)21-23-25-27-29-31-33-35-37-39-41-40-38-36-34-32-30-28-26-24-22-20/h4-9,20,43H,3H2,1-2H3/b22-20?,23-21-,26-24+,27-25+,30-28+,31-29+,34-32+,35-33+,38-36+,39-37+,41-40+. The minimum absolute atomic E-state index is 0.0651. The van der Waals surface area contributed by atoms with Crippen molar-refractivity contribution in [3.05, 3.63) is 42.0 Å². The number of aryl methyl sites for hydroxylation is 1. The molecule has 0 aliphatic rings. The van der Waals surface area contributed by atoms with Crippen LogP contribution < -0.4 is 4.74 Å². The van der Waals surface area contributed by atoms with Crippen molar-refractivity contribution in [1.29, 1.82) is 10.8 Å². The maximum Gasteiger partial charge on any atom is 0.143 e. The molecule has 2 N–H and O–H groups in total. The number of nitrogens with one attached hydrogen (secondary N) is 1. The Kier molecular flexibility index (Phi) is 12.3. The lowest BCUT2D eigenvalue weighted by Gasteiger charge is -2.10. The van der Waals surface area contributed by atoms with Crippen LogP contribution >= 0.6 is 0 Å². The molecule has 26 nitrogen and oxygen atoms in total. The van der Waals surface area contributed by atoms with E-state index >= 15 is 0 Å². The van der Waals surface area contributed by atoms with Gasteiger partial charge in [-0.25, -0.2) is 0 Å². The molecule has 220 valence electrons. The molecule has 0 bridgehead atoms. The number of methoxy groups -OCH3 is 1. The lowest BCUT2D eigenvalue weighted by atomic mass is 10.0. The van der Waals surface area contributed by atoms with Gasteiger partial charge < -0.3 is 14.4 Å². The van der Waals surface area contributed by atoms with E-state index in [1.54, 1.807) is 25.3 Å². The molecule has 0 unspecified atom stereocenters. The molecule has 0 aliphatic heterocycles. The first-order chi connectivity index (χ1) is 21.6. The van der Waals surface area contributed by atoms with Gasteiger partial charge in [0.25, 0.3) is 0 Å². The smallest absolute Gasteiger partial charge is 0.143 e. The Bertz CT molecular complexity index is 1790. The maximum atomic E-state index is 10.2. The van der Waals surface area contributed by atoms with Crippen molar-refractivity contribution in [3.63, 3.8) is 0 Å². The fourth-order valence-corrected chi connectivity index (χ4v) is 3.34. The monoisotopic (exact) mass is 600 g/mol. The number of hydrogen-bond donors (Lipinski definition) is 2. The molecule has 0 saturated heterocycles. The third-order valence-corrected chi connectivity index (χ3v) is 4.87. The quantitative estimate of drug-likeness (QED) is 0.136. The Morgan fingerprint density at radius 3 is 1.75 bits per heavy atom. The lowest BCUT2D eigenvalue weighted by molar-refractivity contribution is 0.415. The van der Waals surface area contributed by atoms with Crippen LogP contribution in [0.4, 0.5) is 5.69 Å². The molecule has 0 amide bonds. The number of aromatic hydroxyl groups is 1. The average molecular weight is 600 g/mol. The fourth-order valence-electron chi connectivity index (χ4n) is 3.34. The molecule has 26 heteroatoms. The second-order valence-electron chi connectivity index (χ2n) is 7.07. The SMILES string of the molecule is CCn1c(-c2ccc(O)c(\N=N/N=N/N=N/N=N/N=N/N=N/N=N/N=N/N=N/N=N/N=N)c2)c(C#N)c2ccc(OC)cc21. The number of ether oxygens (including phenoxy) is 1. The van der Waals surface area contributed by atoms with Gasteiger partial charge in [-0.3, -0.25) is 0 Å². The highest BCUT2D eigenvalue weighted by molar-refractivity contribution is 5.95. The maximum absolute atomic E-state index is 10.2. The molecule has 1 aromatic heterocycles. The molecule has 1 heterocycles. The minimum Gasteiger partial charge on any atom is -0.506 e. The first-order valence-electron chi connectivity index (χ1n) is 11.5. The van der Waals surface area contributed by atoms with E-state index in [2.05, 4.69) is 116 Å². The van der Waals surface area contributed by atoms with E-state index in [0.717, 1.165) is 10.9 Å². The zero-order valence-corrected chi connectivity index (χ0v) is 22.3. The normalized spacial score (nSPS) is 13.0. The second kappa shape index (κ2) is 17.4. The zero-order chi connectivity index (χ0) is 31.4. The van der Waals surface area contributed by atoms with Crippen LogP contribution in [0.5, 0.6) is 11.5 Å². The predicted octanol–water partition coefficient (Wildman–Crippen LogP) is 8.25.